The number of carbonyl (C=O) groups is 1. The average molecular weight is 372 g/mol. The fourth-order valence-electron chi connectivity index (χ4n) is 5.99. The van der Waals surface area contributed by atoms with Gasteiger partial charge in [-0.15, -0.1) is 0 Å². The van der Waals surface area contributed by atoms with Crippen LogP contribution in [0.15, 0.2) is 17.1 Å². The molecule has 3 rings (SSSR count). The lowest BCUT2D eigenvalue weighted by Crippen LogP contribution is -2.49. The average Bonchev–Trinajstić information content (AvgIpc) is 3.45. The van der Waals surface area contributed by atoms with Crippen LogP contribution in [0.25, 0.3) is 0 Å². The van der Waals surface area contributed by atoms with E-state index in [-0.39, 0.29) is 5.41 Å². The molecular formula is C25H41NO. The molecule has 2 aliphatic carbocycles. The zero-order valence-electron chi connectivity index (χ0n) is 17.7. The maximum Gasteiger partial charge on any atom is 0.170 e. The summed E-state index contributed by atoms with van der Waals surface area (Å²) in [5.41, 5.74) is -0.572. The molecule has 1 atom stereocenters. The van der Waals surface area contributed by atoms with Gasteiger partial charge < -0.3 is 0 Å². The van der Waals surface area contributed by atoms with E-state index in [1.54, 1.807) is 0 Å². The predicted octanol–water partition coefficient (Wildman–Crippen LogP) is 7.22. The fourth-order valence-corrected chi connectivity index (χ4v) is 5.99. The Morgan fingerprint density at radius 3 is 2.15 bits per heavy atom. The number of carbonyl (C=O) groups excluding carboxylic acids is 1. The molecule has 0 amide bonds. The Hall–Kier alpha value is -0.920. The van der Waals surface area contributed by atoms with Gasteiger partial charge in [0, 0.05) is 11.6 Å². The molecule has 1 heterocycles. The maximum absolute atomic E-state index is 14.0. The summed E-state index contributed by atoms with van der Waals surface area (Å²) in [4.78, 5) is 18.8. The van der Waals surface area contributed by atoms with Gasteiger partial charge in [0.2, 0.25) is 0 Å². The quantitative estimate of drug-likeness (QED) is 0.333. The Morgan fingerprint density at radius 2 is 1.56 bits per heavy atom. The summed E-state index contributed by atoms with van der Waals surface area (Å²) < 4.78 is 0. The van der Waals surface area contributed by atoms with Crippen molar-refractivity contribution in [1.29, 1.82) is 0 Å². The van der Waals surface area contributed by atoms with Crippen molar-refractivity contribution in [3.8, 4) is 0 Å². The van der Waals surface area contributed by atoms with Gasteiger partial charge in [-0.25, -0.2) is 0 Å². The molecule has 0 aromatic carbocycles. The zero-order chi connectivity index (χ0) is 19.0. The fraction of sp³-hybridized carbons (Fsp3) is 0.840. The van der Waals surface area contributed by atoms with Crippen molar-refractivity contribution in [1.82, 2.24) is 0 Å². The van der Waals surface area contributed by atoms with Gasteiger partial charge in [-0.3, -0.25) is 9.79 Å². The van der Waals surface area contributed by atoms with Crippen LogP contribution in [0.1, 0.15) is 116 Å². The first kappa shape index (κ1) is 20.8. The molecule has 1 aliphatic heterocycles. The summed E-state index contributed by atoms with van der Waals surface area (Å²) in [5.74, 6) is 0.948. The molecule has 27 heavy (non-hydrogen) atoms. The number of rotatable bonds is 12. The molecule has 2 saturated carbocycles. The number of allylic oxidation sites excluding steroid dienone is 1. The van der Waals surface area contributed by atoms with E-state index in [4.69, 9.17) is 4.99 Å². The molecule has 0 N–H and O–H groups in total. The smallest absolute Gasteiger partial charge is 0.170 e. The second kappa shape index (κ2) is 10.0. The molecular weight excluding hydrogens is 330 g/mol. The minimum atomic E-state index is -0.499. The third kappa shape index (κ3) is 4.74. The Morgan fingerprint density at radius 1 is 0.926 bits per heavy atom. The lowest BCUT2D eigenvalue weighted by Gasteiger charge is -2.39. The summed E-state index contributed by atoms with van der Waals surface area (Å²) in [6, 6.07) is 0. The molecule has 1 unspecified atom stereocenters. The number of hydrogen-bond donors (Lipinski definition) is 0. The number of hydrogen-bond acceptors (Lipinski definition) is 2. The molecule has 0 radical (unpaired) electrons. The van der Waals surface area contributed by atoms with Gasteiger partial charge in [0.15, 0.2) is 5.78 Å². The third-order valence-corrected chi connectivity index (χ3v) is 7.62. The van der Waals surface area contributed by atoms with Crippen LogP contribution < -0.4 is 0 Å². The standard InChI is InChI=1S/C25H41NO/c1-2-3-4-5-6-7-8-11-17-24(18-12-13-19-24)23(27)25(20-14-21-26-25)22-15-9-10-16-22/h14,20-22H,2-13,15-19H2,1H3. The van der Waals surface area contributed by atoms with Gasteiger partial charge in [0.05, 0.1) is 0 Å². The monoisotopic (exact) mass is 371 g/mol. The van der Waals surface area contributed by atoms with Crippen molar-refractivity contribution in [3.05, 3.63) is 12.2 Å². The van der Waals surface area contributed by atoms with Crippen molar-refractivity contribution >= 4 is 12.0 Å². The summed E-state index contributed by atoms with van der Waals surface area (Å²) in [5, 5.41) is 0. The van der Waals surface area contributed by atoms with Crippen LogP contribution in [0.2, 0.25) is 0 Å². The van der Waals surface area contributed by atoms with E-state index in [0.717, 1.165) is 19.3 Å². The van der Waals surface area contributed by atoms with Crippen LogP contribution in [-0.2, 0) is 4.79 Å². The summed E-state index contributed by atoms with van der Waals surface area (Å²) >= 11 is 0. The number of unbranched alkanes of at least 4 members (excludes halogenated alkanes) is 7. The van der Waals surface area contributed by atoms with E-state index in [9.17, 15) is 4.79 Å². The summed E-state index contributed by atoms with van der Waals surface area (Å²) in [6.07, 6.45) is 27.6. The maximum atomic E-state index is 14.0. The van der Waals surface area contributed by atoms with Crippen molar-refractivity contribution < 1.29 is 4.79 Å². The van der Waals surface area contributed by atoms with Crippen molar-refractivity contribution in [2.45, 2.75) is 122 Å². The number of nitrogens with zero attached hydrogens (tertiary/aromatic N) is 1. The Bertz CT molecular complexity index is 508. The highest BCUT2D eigenvalue weighted by atomic mass is 16.1. The van der Waals surface area contributed by atoms with Gasteiger partial charge in [-0.1, -0.05) is 84.0 Å². The van der Waals surface area contributed by atoms with Crippen LogP contribution in [0.5, 0.6) is 0 Å². The minimum absolute atomic E-state index is 0.0726. The SMILES string of the molecule is CCCCCCCCCCC1(C(=O)C2(C3CCCC3)C=CC=N2)CCCC1. The highest BCUT2D eigenvalue weighted by Crippen LogP contribution is 2.50. The molecule has 2 nitrogen and oxygen atoms in total. The third-order valence-electron chi connectivity index (χ3n) is 7.62. The van der Waals surface area contributed by atoms with Gasteiger partial charge >= 0.3 is 0 Å². The molecule has 152 valence electrons. The number of ketones is 1. The Kier molecular flexibility index (Phi) is 7.73. The second-order valence-electron chi connectivity index (χ2n) is 9.49. The molecule has 3 aliphatic rings. The topological polar surface area (TPSA) is 29.4 Å². The van der Waals surface area contributed by atoms with Crippen LogP contribution >= 0.6 is 0 Å². The van der Waals surface area contributed by atoms with E-state index < -0.39 is 5.54 Å². The molecule has 0 aromatic heterocycles. The Labute approximate surface area is 167 Å². The first-order chi connectivity index (χ1) is 13.2. The zero-order valence-corrected chi connectivity index (χ0v) is 17.7. The van der Waals surface area contributed by atoms with Gasteiger partial charge in [-0.2, -0.15) is 0 Å². The van der Waals surface area contributed by atoms with E-state index in [2.05, 4.69) is 13.0 Å². The van der Waals surface area contributed by atoms with Crippen LogP contribution in [0, 0.1) is 11.3 Å². The first-order valence-electron chi connectivity index (χ1n) is 12.0. The van der Waals surface area contributed by atoms with Gasteiger partial charge in [0.1, 0.15) is 5.54 Å². The largest absolute Gasteiger partial charge is 0.296 e. The van der Waals surface area contributed by atoms with E-state index in [1.807, 2.05) is 12.3 Å². The van der Waals surface area contributed by atoms with Crippen molar-refractivity contribution in [2.24, 2.45) is 16.3 Å². The molecule has 0 spiro atoms. The van der Waals surface area contributed by atoms with Crippen LogP contribution in [0.4, 0.5) is 0 Å². The van der Waals surface area contributed by atoms with Crippen LogP contribution in [-0.4, -0.2) is 17.5 Å². The molecule has 0 aromatic rings. The lowest BCUT2D eigenvalue weighted by molar-refractivity contribution is -0.134. The highest BCUT2D eigenvalue weighted by molar-refractivity contribution is 6.00. The number of Topliss-reactive ketones (excluding diaryl/α,β-unsaturated/α-hetero) is 1. The van der Waals surface area contributed by atoms with Crippen LogP contribution in [0.3, 0.4) is 0 Å². The highest BCUT2D eigenvalue weighted by Gasteiger charge is 2.54. The predicted molar refractivity (Wildman–Crippen MR) is 115 cm³/mol. The molecule has 0 bridgehead atoms. The lowest BCUT2D eigenvalue weighted by atomic mass is 9.66. The van der Waals surface area contributed by atoms with Gasteiger partial charge in [-0.05, 0) is 50.2 Å². The summed E-state index contributed by atoms with van der Waals surface area (Å²) in [7, 11) is 0. The second-order valence-corrected chi connectivity index (χ2v) is 9.49. The molecule has 0 saturated heterocycles. The number of aliphatic imine (C=N–C) groups is 1. The van der Waals surface area contributed by atoms with E-state index in [1.165, 1.54) is 89.9 Å². The van der Waals surface area contributed by atoms with Gasteiger partial charge in [0.25, 0.3) is 0 Å². The normalized spacial score (nSPS) is 27.0. The molecule has 2 fully saturated rings. The minimum Gasteiger partial charge on any atom is -0.296 e. The van der Waals surface area contributed by atoms with E-state index in [0.29, 0.717) is 11.7 Å². The Balaban J connectivity index is 1.56. The molecule has 2 heteroatoms. The van der Waals surface area contributed by atoms with Crippen molar-refractivity contribution in [3.63, 3.8) is 0 Å². The van der Waals surface area contributed by atoms with Crippen molar-refractivity contribution in [2.75, 3.05) is 0 Å². The summed E-state index contributed by atoms with van der Waals surface area (Å²) in [6.45, 7) is 2.28. The van der Waals surface area contributed by atoms with E-state index >= 15 is 0 Å². The first-order valence-corrected chi connectivity index (χ1v) is 12.0.